The van der Waals surface area contributed by atoms with Crippen LogP contribution >= 0.6 is 0 Å². The lowest BCUT2D eigenvalue weighted by atomic mass is 9.64. The molecule has 106 valence electrons. The first kappa shape index (κ1) is 13.7. The van der Waals surface area contributed by atoms with E-state index in [4.69, 9.17) is 0 Å². The molecule has 1 atom stereocenters. The molecule has 20 heavy (non-hydrogen) atoms. The summed E-state index contributed by atoms with van der Waals surface area (Å²) < 4.78 is 0. The third-order valence-corrected chi connectivity index (χ3v) is 5.52. The van der Waals surface area contributed by atoms with Crippen molar-refractivity contribution in [3.8, 4) is 0 Å². The van der Waals surface area contributed by atoms with E-state index in [0.29, 0.717) is 5.41 Å². The van der Waals surface area contributed by atoms with Gasteiger partial charge in [-0.2, -0.15) is 0 Å². The average molecular weight is 266 g/mol. The molecule has 1 unspecified atom stereocenters. The van der Waals surface area contributed by atoms with E-state index in [1.54, 1.807) is 5.56 Å². The third kappa shape index (κ3) is 2.75. The molecule has 1 fully saturated rings. The first-order chi connectivity index (χ1) is 9.67. The van der Waals surface area contributed by atoms with Crippen LogP contribution in [0.5, 0.6) is 0 Å². The molecule has 0 spiro atoms. The second-order valence-electron chi connectivity index (χ2n) is 6.95. The van der Waals surface area contributed by atoms with Crippen LogP contribution in [-0.2, 0) is 0 Å². The summed E-state index contributed by atoms with van der Waals surface area (Å²) in [6.45, 7) is 4.67. The Hall–Kier alpha value is -1.30. The van der Waals surface area contributed by atoms with Crippen molar-refractivity contribution < 1.29 is 0 Å². The van der Waals surface area contributed by atoms with E-state index < -0.39 is 0 Å². The van der Waals surface area contributed by atoms with Gasteiger partial charge >= 0.3 is 0 Å². The van der Waals surface area contributed by atoms with E-state index in [0.717, 1.165) is 11.8 Å². The van der Waals surface area contributed by atoms with Gasteiger partial charge in [0.25, 0.3) is 0 Å². The highest BCUT2D eigenvalue weighted by atomic mass is 14.4. The predicted molar refractivity (Wildman–Crippen MR) is 86.8 cm³/mol. The molecule has 0 saturated heterocycles. The van der Waals surface area contributed by atoms with Gasteiger partial charge in [-0.05, 0) is 61.8 Å². The van der Waals surface area contributed by atoms with E-state index >= 15 is 0 Å². The number of hydrogen-bond donors (Lipinski definition) is 0. The van der Waals surface area contributed by atoms with Crippen LogP contribution in [0.25, 0.3) is 0 Å². The molecule has 0 heterocycles. The van der Waals surface area contributed by atoms with Crippen molar-refractivity contribution in [3.05, 3.63) is 59.7 Å². The maximum atomic E-state index is 2.48. The summed E-state index contributed by atoms with van der Waals surface area (Å²) in [5, 5.41) is 0. The van der Waals surface area contributed by atoms with E-state index in [9.17, 15) is 0 Å². The number of rotatable bonds is 2. The fourth-order valence-corrected chi connectivity index (χ4v) is 3.95. The molecule has 0 N–H and O–H groups in total. The van der Waals surface area contributed by atoms with Crippen molar-refractivity contribution in [2.24, 2.45) is 11.3 Å². The summed E-state index contributed by atoms with van der Waals surface area (Å²) >= 11 is 0. The Morgan fingerprint density at radius 2 is 1.70 bits per heavy atom. The largest absolute Gasteiger partial charge is 0.0807 e. The van der Waals surface area contributed by atoms with Crippen LogP contribution in [0.3, 0.4) is 0 Å². The summed E-state index contributed by atoms with van der Waals surface area (Å²) in [4.78, 5) is 0. The fraction of sp³-hybridized carbons (Fsp3) is 0.500. The average Bonchev–Trinajstić information content (AvgIpc) is 2.52. The summed E-state index contributed by atoms with van der Waals surface area (Å²) in [5.74, 6) is 1.66. The Kier molecular flexibility index (Phi) is 3.83. The molecular weight excluding hydrogens is 240 g/mol. The molecular formula is C20H26. The van der Waals surface area contributed by atoms with Crippen LogP contribution in [0.2, 0.25) is 0 Å². The Balaban J connectivity index is 1.63. The van der Waals surface area contributed by atoms with E-state index in [1.165, 1.54) is 37.7 Å². The Morgan fingerprint density at radius 3 is 2.30 bits per heavy atom. The fourth-order valence-electron chi connectivity index (χ4n) is 3.95. The zero-order chi connectivity index (χ0) is 14.0. The smallest absolute Gasteiger partial charge is 0.00804 e. The lowest BCUT2D eigenvalue weighted by Gasteiger charge is -2.41. The Labute approximate surface area is 123 Å². The van der Waals surface area contributed by atoms with E-state index in [2.05, 4.69) is 62.4 Å². The van der Waals surface area contributed by atoms with Crippen LogP contribution in [0.15, 0.2) is 54.1 Å². The van der Waals surface area contributed by atoms with Crippen molar-refractivity contribution >= 4 is 0 Å². The highest BCUT2D eigenvalue weighted by Crippen LogP contribution is 2.47. The molecule has 0 nitrogen and oxygen atoms in total. The van der Waals surface area contributed by atoms with Crippen LogP contribution in [0, 0.1) is 11.3 Å². The van der Waals surface area contributed by atoms with Crippen molar-refractivity contribution in [1.82, 2.24) is 0 Å². The number of benzene rings is 1. The summed E-state index contributed by atoms with van der Waals surface area (Å²) in [6.07, 6.45) is 13.9. The molecule has 0 bridgehead atoms. The Morgan fingerprint density at radius 1 is 1.00 bits per heavy atom. The van der Waals surface area contributed by atoms with Gasteiger partial charge in [0, 0.05) is 0 Å². The maximum absolute atomic E-state index is 2.48. The lowest BCUT2D eigenvalue weighted by Crippen LogP contribution is -2.29. The third-order valence-electron chi connectivity index (χ3n) is 5.52. The first-order valence-electron chi connectivity index (χ1n) is 8.08. The van der Waals surface area contributed by atoms with Gasteiger partial charge in [0.15, 0.2) is 0 Å². The SMILES string of the molecule is CC1=CCC(C)(C2CCC(c3ccccc3)CC2)C=C1. The van der Waals surface area contributed by atoms with E-state index in [1.807, 2.05) is 0 Å². The van der Waals surface area contributed by atoms with Crippen LogP contribution < -0.4 is 0 Å². The molecule has 0 amide bonds. The quantitative estimate of drug-likeness (QED) is 0.627. The van der Waals surface area contributed by atoms with Crippen LogP contribution in [0.1, 0.15) is 57.4 Å². The first-order valence-corrected chi connectivity index (χ1v) is 8.08. The molecule has 3 rings (SSSR count). The molecule has 0 aromatic heterocycles. The standard InChI is InChI=1S/C20H26/c1-16-12-14-20(2,15-13-16)19-10-8-18(9-11-19)17-6-4-3-5-7-17/h3-7,12-14,18-19H,8-11,15H2,1-2H3. The normalized spacial score (nSPS) is 33.8. The minimum Gasteiger partial charge on any atom is -0.0807 e. The molecule has 2 aliphatic rings. The zero-order valence-electron chi connectivity index (χ0n) is 12.8. The molecule has 1 saturated carbocycles. The molecule has 0 radical (unpaired) electrons. The van der Waals surface area contributed by atoms with Crippen LogP contribution in [-0.4, -0.2) is 0 Å². The molecule has 0 aliphatic heterocycles. The van der Waals surface area contributed by atoms with Gasteiger partial charge in [0.1, 0.15) is 0 Å². The topological polar surface area (TPSA) is 0 Å². The second-order valence-corrected chi connectivity index (χ2v) is 6.95. The van der Waals surface area contributed by atoms with Crippen LogP contribution in [0.4, 0.5) is 0 Å². The van der Waals surface area contributed by atoms with Crippen molar-refractivity contribution in [1.29, 1.82) is 0 Å². The minimum absolute atomic E-state index is 0.404. The predicted octanol–water partition coefficient (Wildman–Crippen LogP) is 5.87. The number of allylic oxidation sites excluding steroid dienone is 4. The van der Waals surface area contributed by atoms with Crippen molar-refractivity contribution in [3.63, 3.8) is 0 Å². The minimum atomic E-state index is 0.404. The summed E-state index contributed by atoms with van der Waals surface area (Å²) in [7, 11) is 0. The number of hydrogen-bond acceptors (Lipinski definition) is 0. The lowest BCUT2D eigenvalue weighted by molar-refractivity contribution is 0.179. The highest BCUT2D eigenvalue weighted by Gasteiger charge is 2.35. The molecule has 0 heteroatoms. The van der Waals surface area contributed by atoms with Gasteiger partial charge in [-0.1, -0.05) is 61.1 Å². The van der Waals surface area contributed by atoms with E-state index in [-0.39, 0.29) is 0 Å². The van der Waals surface area contributed by atoms with Gasteiger partial charge in [-0.3, -0.25) is 0 Å². The summed E-state index contributed by atoms with van der Waals surface area (Å²) in [6, 6.07) is 11.1. The monoisotopic (exact) mass is 266 g/mol. The molecule has 2 aliphatic carbocycles. The van der Waals surface area contributed by atoms with Gasteiger partial charge < -0.3 is 0 Å². The second kappa shape index (κ2) is 5.60. The van der Waals surface area contributed by atoms with Gasteiger partial charge in [-0.15, -0.1) is 0 Å². The molecule has 1 aromatic rings. The highest BCUT2D eigenvalue weighted by molar-refractivity contribution is 5.26. The van der Waals surface area contributed by atoms with Crippen molar-refractivity contribution in [2.75, 3.05) is 0 Å². The van der Waals surface area contributed by atoms with Gasteiger partial charge in [-0.25, -0.2) is 0 Å². The Bertz CT molecular complexity index is 500. The van der Waals surface area contributed by atoms with Crippen molar-refractivity contribution in [2.45, 2.75) is 51.9 Å². The summed E-state index contributed by atoms with van der Waals surface area (Å²) in [5.41, 5.74) is 3.38. The molecule has 1 aromatic carbocycles. The zero-order valence-corrected chi connectivity index (χ0v) is 12.8. The van der Waals surface area contributed by atoms with Gasteiger partial charge in [0.2, 0.25) is 0 Å². The van der Waals surface area contributed by atoms with Gasteiger partial charge in [0.05, 0.1) is 0 Å². The maximum Gasteiger partial charge on any atom is -0.00804 e.